The lowest BCUT2D eigenvalue weighted by atomic mass is 9.98. The Morgan fingerprint density at radius 2 is 2.12 bits per heavy atom. The first kappa shape index (κ1) is 13.9. The third-order valence-electron chi connectivity index (χ3n) is 3.11. The van der Waals surface area contributed by atoms with E-state index >= 15 is 0 Å². The maximum atomic E-state index is 13.9. The summed E-state index contributed by atoms with van der Waals surface area (Å²) in [4.78, 5) is 2.19. The summed E-state index contributed by atoms with van der Waals surface area (Å²) in [5, 5.41) is 3.00. The van der Waals surface area contributed by atoms with E-state index in [2.05, 4.69) is 31.0 Å². The van der Waals surface area contributed by atoms with Crippen LogP contribution in [0.15, 0.2) is 0 Å². The molecule has 0 saturated carbocycles. The van der Waals surface area contributed by atoms with E-state index in [0.29, 0.717) is 13.2 Å². The Labute approximate surface area is 98.3 Å². The minimum absolute atomic E-state index is 0.0558. The number of nitrogens with zero attached hydrogens (tertiary/aromatic N) is 1. The van der Waals surface area contributed by atoms with Crippen LogP contribution in [-0.4, -0.2) is 56.0 Å². The number of nitrogens with one attached hydrogen (secondary N) is 1. The van der Waals surface area contributed by atoms with Crippen molar-refractivity contribution in [3.63, 3.8) is 0 Å². The van der Waals surface area contributed by atoms with Gasteiger partial charge in [-0.3, -0.25) is 4.90 Å². The van der Waals surface area contributed by atoms with Gasteiger partial charge in [-0.2, -0.15) is 0 Å². The number of likely N-dealkylation sites (tertiary alicyclic amines) is 1. The molecule has 0 aromatic carbocycles. The van der Waals surface area contributed by atoms with Crippen LogP contribution in [-0.2, 0) is 4.74 Å². The molecule has 1 heterocycles. The lowest BCUT2D eigenvalue weighted by molar-refractivity contribution is -0.0619. The van der Waals surface area contributed by atoms with Crippen LogP contribution in [0.5, 0.6) is 0 Å². The summed E-state index contributed by atoms with van der Waals surface area (Å²) in [6, 6.07) is 0. The SMILES string of the molecule is CNCCOC1CCN(C(C)(C)C)CC1F. The summed E-state index contributed by atoms with van der Waals surface area (Å²) >= 11 is 0. The summed E-state index contributed by atoms with van der Waals surface area (Å²) in [6.45, 7) is 9.18. The minimum Gasteiger partial charge on any atom is -0.374 e. The van der Waals surface area contributed by atoms with Gasteiger partial charge in [0.25, 0.3) is 0 Å². The molecular formula is C12H25FN2O. The summed E-state index contributed by atoms with van der Waals surface area (Å²) < 4.78 is 19.4. The molecule has 1 N–H and O–H groups in total. The molecule has 2 unspecified atom stereocenters. The molecule has 0 aromatic rings. The molecule has 0 spiro atoms. The van der Waals surface area contributed by atoms with Crippen LogP contribution in [0.2, 0.25) is 0 Å². The molecular weight excluding hydrogens is 207 g/mol. The zero-order chi connectivity index (χ0) is 12.2. The van der Waals surface area contributed by atoms with E-state index in [-0.39, 0.29) is 11.6 Å². The lowest BCUT2D eigenvalue weighted by Crippen LogP contribution is -2.53. The molecule has 96 valence electrons. The third-order valence-corrected chi connectivity index (χ3v) is 3.11. The molecule has 0 radical (unpaired) electrons. The van der Waals surface area contributed by atoms with Gasteiger partial charge in [0.05, 0.1) is 12.7 Å². The van der Waals surface area contributed by atoms with Crippen molar-refractivity contribution in [2.75, 3.05) is 33.3 Å². The Morgan fingerprint density at radius 3 is 2.62 bits per heavy atom. The first-order valence-corrected chi connectivity index (χ1v) is 6.10. The lowest BCUT2D eigenvalue weighted by Gasteiger charge is -2.42. The van der Waals surface area contributed by atoms with Crippen LogP contribution < -0.4 is 5.32 Å². The van der Waals surface area contributed by atoms with E-state index in [4.69, 9.17) is 4.74 Å². The number of alkyl halides is 1. The van der Waals surface area contributed by atoms with Crippen LogP contribution in [0, 0.1) is 0 Å². The highest BCUT2D eigenvalue weighted by molar-refractivity contribution is 4.87. The fourth-order valence-electron chi connectivity index (χ4n) is 1.99. The standard InChI is InChI=1S/C12H25FN2O/c1-12(2,3)15-7-5-11(10(13)9-15)16-8-6-14-4/h10-11,14H,5-9H2,1-4H3. The summed E-state index contributed by atoms with van der Waals surface area (Å²) in [5.74, 6) is 0. The second-order valence-electron chi connectivity index (χ2n) is 5.43. The van der Waals surface area contributed by atoms with Gasteiger partial charge in [-0.15, -0.1) is 0 Å². The molecule has 2 atom stereocenters. The predicted molar refractivity (Wildman–Crippen MR) is 64.5 cm³/mol. The molecule has 0 aliphatic carbocycles. The van der Waals surface area contributed by atoms with Gasteiger partial charge in [0.1, 0.15) is 6.17 Å². The minimum atomic E-state index is -0.857. The van der Waals surface area contributed by atoms with Gasteiger partial charge < -0.3 is 10.1 Å². The topological polar surface area (TPSA) is 24.5 Å². The van der Waals surface area contributed by atoms with Crippen LogP contribution in [0.25, 0.3) is 0 Å². The van der Waals surface area contributed by atoms with Crippen molar-refractivity contribution in [1.82, 2.24) is 10.2 Å². The third kappa shape index (κ3) is 4.00. The molecule has 1 aliphatic rings. The molecule has 1 aliphatic heterocycles. The van der Waals surface area contributed by atoms with E-state index < -0.39 is 6.17 Å². The van der Waals surface area contributed by atoms with Gasteiger partial charge in [0.15, 0.2) is 0 Å². The van der Waals surface area contributed by atoms with Gasteiger partial charge in [-0.25, -0.2) is 4.39 Å². The van der Waals surface area contributed by atoms with Gasteiger partial charge in [0, 0.05) is 25.2 Å². The Morgan fingerprint density at radius 1 is 1.44 bits per heavy atom. The Kier molecular flexibility index (Phi) is 5.15. The number of hydrogen-bond acceptors (Lipinski definition) is 3. The van der Waals surface area contributed by atoms with E-state index in [9.17, 15) is 4.39 Å². The van der Waals surface area contributed by atoms with E-state index in [1.165, 1.54) is 0 Å². The van der Waals surface area contributed by atoms with Crippen LogP contribution in [0.4, 0.5) is 4.39 Å². The van der Waals surface area contributed by atoms with Crippen molar-refractivity contribution < 1.29 is 9.13 Å². The first-order valence-electron chi connectivity index (χ1n) is 6.10. The maximum absolute atomic E-state index is 13.9. The van der Waals surface area contributed by atoms with E-state index in [1.807, 2.05) is 7.05 Å². The van der Waals surface area contributed by atoms with E-state index in [0.717, 1.165) is 19.5 Å². The Balaban J connectivity index is 2.34. The van der Waals surface area contributed by atoms with E-state index in [1.54, 1.807) is 0 Å². The first-order chi connectivity index (χ1) is 7.45. The fourth-order valence-corrected chi connectivity index (χ4v) is 1.99. The number of likely N-dealkylation sites (N-methyl/N-ethyl adjacent to an activating group) is 1. The number of hydrogen-bond donors (Lipinski definition) is 1. The zero-order valence-corrected chi connectivity index (χ0v) is 10.9. The monoisotopic (exact) mass is 232 g/mol. The molecule has 1 rings (SSSR count). The molecule has 1 saturated heterocycles. The summed E-state index contributed by atoms with van der Waals surface area (Å²) in [7, 11) is 1.87. The van der Waals surface area contributed by atoms with Crippen molar-refractivity contribution in [1.29, 1.82) is 0 Å². The average Bonchev–Trinajstić information content (AvgIpc) is 2.19. The van der Waals surface area contributed by atoms with Gasteiger partial charge >= 0.3 is 0 Å². The predicted octanol–water partition coefficient (Wildman–Crippen LogP) is 1.43. The van der Waals surface area contributed by atoms with Crippen molar-refractivity contribution in [3.05, 3.63) is 0 Å². The average molecular weight is 232 g/mol. The number of halogens is 1. The molecule has 0 bridgehead atoms. The number of piperidine rings is 1. The second kappa shape index (κ2) is 5.94. The number of rotatable bonds is 4. The highest BCUT2D eigenvalue weighted by Gasteiger charge is 2.34. The normalized spacial score (nSPS) is 28.3. The Bertz CT molecular complexity index is 206. The zero-order valence-electron chi connectivity index (χ0n) is 10.9. The van der Waals surface area contributed by atoms with Crippen molar-refractivity contribution >= 4 is 0 Å². The number of ether oxygens (including phenoxy) is 1. The summed E-state index contributed by atoms with van der Waals surface area (Å²) in [6.07, 6.45) is -0.279. The van der Waals surface area contributed by atoms with Gasteiger partial charge in [-0.1, -0.05) is 0 Å². The molecule has 1 fully saturated rings. The Hall–Kier alpha value is -0.190. The van der Waals surface area contributed by atoms with Crippen LogP contribution in [0.1, 0.15) is 27.2 Å². The maximum Gasteiger partial charge on any atom is 0.139 e. The second-order valence-corrected chi connectivity index (χ2v) is 5.43. The van der Waals surface area contributed by atoms with Crippen molar-refractivity contribution in [2.45, 2.75) is 45.0 Å². The summed E-state index contributed by atoms with van der Waals surface area (Å²) in [5.41, 5.74) is 0.0558. The highest BCUT2D eigenvalue weighted by Crippen LogP contribution is 2.23. The quantitative estimate of drug-likeness (QED) is 0.742. The largest absolute Gasteiger partial charge is 0.374 e. The van der Waals surface area contributed by atoms with Gasteiger partial charge in [0.2, 0.25) is 0 Å². The molecule has 3 nitrogen and oxygen atoms in total. The fraction of sp³-hybridized carbons (Fsp3) is 1.00. The van der Waals surface area contributed by atoms with Crippen LogP contribution >= 0.6 is 0 Å². The molecule has 0 amide bonds. The smallest absolute Gasteiger partial charge is 0.139 e. The molecule has 16 heavy (non-hydrogen) atoms. The van der Waals surface area contributed by atoms with Crippen LogP contribution in [0.3, 0.4) is 0 Å². The highest BCUT2D eigenvalue weighted by atomic mass is 19.1. The molecule has 4 heteroatoms. The molecule has 0 aromatic heterocycles. The van der Waals surface area contributed by atoms with Crippen molar-refractivity contribution in [2.24, 2.45) is 0 Å². The van der Waals surface area contributed by atoms with Gasteiger partial charge in [-0.05, 0) is 34.2 Å². The van der Waals surface area contributed by atoms with Crippen molar-refractivity contribution in [3.8, 4) is 0 Å².